The maximum absolute atomic E-state index is 11.7. The highest BCUT2D eigenvalue weighted by molar-refractivity contribution is 6.33. The van der Waals surface area contributed by atoms with Crippen molar-refractivity contribution >= 4 is 40.6 Å². The summed E-state index contributed by atoms with van der Waals surface area (Å²) in [4.78, 5) is 11.7. The number of halogens is 2. The minimum absolute atomic E-state index is 0.294. The summed E-state index contributed by atoms with van der Waals surface area (Å²) in [6.45, 7) is 0.509. The molecule has 2 aromatic rings. The first-order chi connectivity index (χ1) is 10.0. The molecule has 0 unspecified atom stereocenters. The lowest BCUT2D eigenvalue weighted by Crippen LogP contribution is -2.30. The van der Waals surface area contributed by atoms with Crippen LogP contribution in [0, 0.1) is 0 Å². The Morgan fingerprint density at radius 3 is 2.67 bits per heavy atom. The van der Waals surface area contributed by atoms with Crippen molar-refractivity contribution in [2.75, 3.05) is 17.6 Å². The normalized spacial score (nSPS) is 10.2. The number of urea groups is 1. The van der Waals surface area contributed by atoms with Gasteiger partial charge in [0.25, 0.3) is 0 Å². The Morgan fingerprint density at radius 2 is 1.95 bits per heavy atom. The maximum Gasteiger partial charge on any atom is 0.319 e. The van der Waals surface area contributed by atoms with Crippen LogP contribution in [0.25, 0.3) is 0 Å². The quantitative estimate of drug-likeness (QED) is 0.746. The molecule has 0 saturated carbocycles. The third kappa shape index (κ3) is 4.85. The Balaban J connectivity index is 1.81. The number of hydrogen-bond acceptors (Lipinski definition) is 2. The molecule has 110 valence electrons. The molecule has 0 aliphatic heterocycles. The molecular formula is C15H15Cl2N3O. The Bertz CT molecular complexity index is 647. The zero-order valence-electron chi connectivity index (χ0n) is 11.2. The van der Waals surface area contributed by atoms with E-state index in [4.69, 9.17) is 28.9 Å². The summed E-state index contributed by atoms with van der Waals surface area (Å²) in [7, 11) is 0. The topological polar surface area (TPSA) is 67.1 Å². The molecule has 2 amide bonds. The summed E-state index contributed by atoms with van der Waals surface area (Å²) in [5, 5.41) is 6.55. The molecule has 2 rings (SSSR count). The third-order valence-electron chi connectivity index (χ3n) is 2.85. The van der Waals surface area contributed by atoms with Gasteiger partial charge in [-0.2, -0.15) is 0 Å². The second-order valence-electron chi connectivity index (χ2n) is 4.50. The van der Waals surface area contributed by atoms with E-state index in [-0.39, 0.29) is 6.03 Å². The summed E-state index contributed by atoms with van der Waals surface area (Å²) < 4.78 is 0. The largest absolute Gasteiger partial charge is 0.398 e. The highest BCUT2D eigenvalue weighted by atomic mass is 35.5. The van der Waals surface area contributed by atoms with Gasteiger partial charge < -0.3 is 16.4 Å². The fraction of sp³-hybridized carbons (Fsp3) is 0.133. The van der Waals surface area contributed by atoms with Crippen molar-refractivity contribution in [1.82, 2.24) is 5.32 Å². The lowest BCUT2D eigenvalue weighted by molar-refractivity contribution is 0.252. The molecule has 0 atom stereocenters. The smallest absolute Gasteiger partial charge is 0.319 e. The lowest BCUT2D eigenvalue weighted by atomic mass is 10.1. The van der Waals surface area contributed by atoms with Gasteiger partial charge in [-0.1, -0.05) is 35.3 Å². The monoisotopic (exact) mass is 323 g/mol. The average Bonchev–Trinajstić information content (AvgIpc) is 2.43. The Hall–Kier alpha value is -1.91. The molecule has 0 heterocycles. The average molecular weight is 324 g/mol. The van der Waals surface area contributed by atoms with E-state index in [0.29, 0.717) is 34.4 Å². The summed E-state index contributed by atoms with van der Waals surface area (Å²) in [6, 6.07) is 12.2. The minimum atomic E-state index is -0.294. The zero-order chi connectivity index (χ0) is 15.2. The van der Waals surface area contributed by atoms with Gasteiger partial charge in [0.05, 0.1) is 10.7 Å². The van der Waals surface area contributed by atoms with E-state index in [2.05, 4.69) is 10.6 Å². The molecule has 0 radical (unpaired) electrons. The summed E-state index contributed by atoms with van der Waals surface area (Å²) in [6.07, 6.45) is 0.705. The number of benzene rings is 2. The molecule has 0 aliphatic carbocycles. The number of nitrogens with one attached hydrogen (secondary N) is 2. The number of rotatable bonds is 4. The first-order valence-corrected chi connectivity index (χ1v) is 7.14. The molecule has 0 aliphatic rings. The van der Waals surface area contributed by atoms with Crippen molar-refractivity contribution in [3.05, 3.63) is 58.1 Å². The standard InChI is InChI=1S/C15H15Cl2N3O/c16-11-3-1-2-10(8-11)6-7-19-15(21)20-12-4-5-14(18)13(17)9-12/h1-5,8-9H,6-7,18H2,(H2,19,20,21). The van der Waals surface area contributed by atoms with E-state index in [0.717, 1.165) is 5.56 Å². The van der Waals surface area contributed by atoms with Crippen molar-refractivity contribution in [2.45, 2.75) is 6.42 Å². The molecule has 4 N–H and O–H groups in total. The van der Waals surface area contributed by atoms with Crippen molar-refractivity contribution in [1.29, 1.82) is 0 Å². The van der Waals surface area contributed by atoms with E-state index >= 15 is 0 Å². The minimum Gasteiger partial charge on any atom is -0.398 e. The number of nitrogens with two attached hydrogens (primary N) is 1. The van der Waals surface area contributed by atoms with Gasteiger partial charge in [-0.25, -0.2) is 4.79 Å². The van der Waals surface area contributed by atoms with Crippen LogP contribution in [0.4, 0.5) is 16.2 Å². The van der Waals surface area contributed by atoms with Gasteiger partial charge in [0.15, 0.2) is 0 Å². The molecule has 0 saturated heterocycles. The molecule has 0 aromatic heterocycles. The molecule has 4 nitrogen and oxygen atoms in total. The lowest BCUT2D eigenvalue weighted by Gasteiger charge is -2.09. The SMILES string of the molecule is Nc1ccc(NC(=O)NCCc2cccc(Cl)c2)cc1Cl. The number of hydrogen-bond donors (Lipinski definition) is 3. The van der Waals surface area contributed by atoms with Gasteiger partial charge in [-0.15, -0.1) is 0 Å². The summed E-state index contributed by atoms with van der Waals surface area (Å²) in [5.74, 6) is 0. The molecule has 6 heteroatoms. The van der Waals surface area contributed by atoms with Crippen LogP contribution >= 0.6 is 23.2 Å². The van der Waals surface area contributed by atoms with Gasteiger partial charge in [0, 0.05) is 17.3 Å². The van der Waals surface area contributed by atoms with E-state index in [1.54, 1.807) is 18.2 Å². The molecule has 0 spiro atoms. The van der Waals surface area contributed by atoms with Gasteiger partial charge in [-0.05, 0) is 42.3 Å². The Morgan fingerprint density at radius 1 is 1.14 bits per heavy atom. The second-order valence-corrected chi connectivity index (χ2v) is 5.34. The van der Waals surface area contributed by atoms with Crippen LogP contribution in [-0.4, -0.2) is 12.6 Å². The maximum atomic E-state index is 11.7. The highest BCUT2D eigenvalue weighted by Crippen LogP contribution is 2.22. The van der Waals surface area contributed by atoms with E-state index < -0.39 is 0 Å². The molecule has 2 aromatic carbocycles. The van der Waals surface area contributed by atoms with Crippen LogP contribution in [0.15, 0.2) is 42.5 Å². The Kier molecular flexibility index (Phi) is 5.31. The van der Waals surface area contributed by atoms with Gasteiger partial charge in [0.2, 0.25) is 0 Å². The van der Waals surface area contributed by atoms with Crippen LogP contribution in [-0.2, 0) is 6.42 Å². The Labute approximate surface area is 133 Å². The fourth-order valence-electron chi connectivity index (χ4n) is 1.79. The number of carbonyl (C=O) groups excluding carboxylic acids is 1. The van der Waals surface area contributed by atoms with Gasteiger partial charge in [0.1, 0.15) is 0 Å². The first kappa shape index (κ1) is 15.5. The zero-order valence-corrected chi connectivity index (χ0v) is 12.7. The summed E-state index contributed by atoms with van der Waals surface area (Å²) >= 11 is 11.8. The second kappa shape index (κ2) is 7.20. The van der Waals surface area contributed by atoms with Crippen LogP contribution in [0.2, 0.25) is 10.0 Å². The predicted octanol–water partition coefficient (Wildman–Crippen LogP) is 3.94. The van der Waals surface area contributed by atoms with Crippen LogP contribution < -0.4 is 16.4 Å². The van der Waals surface area contributed by atoms with E-state index in [1.165, 1.54) is 0 Å². The van der Waals surface area contributed by atoms with Crippen molar-refractivity contribution < 1.29 is 4.79 Å². The highest BCUT2D eigenvalue weighted by Gasteiger charge is 2.03. The van der Waals surface area contributed by atoms with Crippen molar-refractivity contribution in [3.8, 4) is 0 Å². The van der Waals surface area contributed by atoms with Gasteiger partial charge >= 0.3 is 6.03 Å². The summed E-state index contributed by atoms with van der Waals surface area (Å²) in [5.41, 5.74) is 7.74. The van der Waals surface area contributed by atoms with E-state index in [1.807, 2.05) is 24.3 Å². The molecule has 21 heavy (non-hydrogen) atoms. The third-order valence-corrected chi connectivity index (χ3v) is 3.41. The number of anilines is 2. The first-order valence-electron chi connectivity index (χ1n) is 6.39. The fourth-order valence-corrected chi connectivity index (χ4v) is 2.19. The van der Waals surface area contributed by atoms with Crippen molar-refractivity contribution in [3.63, 3.8) is 0 Å². The number of amides is 2. The van der Waals surface area contributed by atoms with Crippen molar-refractivity contribution in [2.24, 2.45) is 0 Å². The number of carbonyl (C=O) groups is 1. The molecular weight excluding hydrogens is 309 g/mol. The number of nitrogen functional groups attached to an aromatic ring is 1. The van der Waals surface area contributed by atoms with Crippen LogP contribution in [0.5, 0.6) is 0 Å². The molecule has 0 fully saturated rings. The van der Waals surface area contributed by atoms with Crippen LogP contribution in [0.3, 0.4) is 0 Å². The van der Waals surface area contributed by atoms with Gasteiger partial charge in [-0.3, -0.25) is 0 Å². The predicted molar refractivity (Wildman–Crippen MR) is 88.0 cm³/mol. The molecule has 0 bridgehead atoms. The van der Waals surface area contributed by atoms with E-state index in [9.17, 15) is 4.79 Å². The van der Waals surface area contributed by atoms with Crippen LogP contribution in [0.1, 0.15) is 5.56 Å².